The van der Waals surface area contributed by atoms with E-state index in [1.165, 1.54) is 17.0 Å². The Hall–Kier alpha value is -2.37. The molecule has 6 heteroatoms. The molecule has 0 bridgehead atoms. The first-order valence-electron chi connectivity index (χ1n) is 8.49. The molecule has 6 nitrogen and oxygen atoms in total. The van der Waals surface area contributed by atoms with E-state index in [2.05, 4.69) is 65.1 Å². The van der Waals surface area contributed by atoms with E-state index in [9.17, 15) is 0 Å². The Morgan fingerprint density at radius 3 is 2.46 bits per heavy atom. The van der Waals surface area contributed by atoms with E-state index in [4.69, 9.17) is 0 Å². The monoisotopic (exact) mass is 326 g/mol. The first kappa shape index (κ1) is 16.5. The van der Waals surface area contributed by atoms with Crippen molar-refractivity contribution in [3.8, 4) is 11.3 Å². The molecule has 3 rings (SSSR count). The predicted octanol–water partition coefficient (Wildman–Crippen LogP) is 3.46. The number of imidazole rings is 1. The second kappa shape index (κ2) is 6.26. The van der Waals surface area contributed by atoms with Crippen LogP contribution in [0, 0.1) is 27.7 Å². The van der Waals surface area contributed by atoms with Crippen LogP contribution in [0.5, 0.6) is 0 Å². The highest BCUT2D eigenvalue weighted by molar-refractivity contribution is 5.64. The van der Waals surface area contributed by atoms with Crippen LogP contribution in [-0.4, -0.2) is 29.1 Å². The summed E-state index contributed by atoms with van der Waals surface area (Å²) < 4.78 is 6.35. The Morgan fingerprint density at radius 1 is 1.12 bits per heavy atom. The van der Waals surface area contributed by atoms with Crippen molar-refractivity contribution >= 4 is 0 Å². The first-order chi connectivity index (χ1) is 11.4. The molecule has 3 aromatic heterocycles. The van der Waals surface area contributed by atoms with Crippen molar-refractivity contribution in [2.24, 2.45) is 0 Å². The molecular formula is C18H26N6. The predicted molar refractivity (Wildman–Crippen MR) is 95.0 cm³/mol. The minimum Gasteiger partial charge on any atom is -0.328 e. The van der Waals surface area contributed by atoms with Gasteiger partial charge in [0.1, 0.15) is 0 Å². The zero-order chi connectivity index (χ0) is 17.4. The Bertz CT molecular complexity index is 851. The molecule has 1 atom stereocenters. The molecule has 24 heavy (non-hydrogen) atoms. The lowest BCUT2D eigenvalue weighted by atomic mass is 10.1. The zero-order valence-electron chi connectivity index (χ0n) is 15.4. The van der Waals surface area contributed by atoms with Crippen molar-refractivity contribution in [3.05, 3.63) is 41.4 Å². The average molecular weight is 326 g/mol. The fourth-order valence-electron chi connectivity index (χ4n) is 3.50. The highest BCUT2D eigenvalue weighted by Gasteiger charge is 2.18. The van der Waals surface area contributed by atoms with Crippen LogP contribution < -0.4 is 0 Å². The third-order valence-electron chi connectivity index (χ3n) is 4.57. The molecule has 0 N–H and O–H groups in total. The van der Waals surface area contributed by atoms with Gasteiger partial charge in [0.25, 0.3) is 0 Å². The normalized spacial score (nSPS) is 12.8. The Morgan fingerprint density at radius 2 is 1.88 bits per heavy atom. The molecule has 0 spiro atoms. The highest BCUT2D eigenvalue weighted by atomic mass is 15.3. The second-order valence-electron chi connectivity index (χ2n) is 6.51. The maximum Gasteiger partial charge on any atom is 0.0951 e. The van der Waals surface area contributed by atoms with Crippen LogP contribution in [0.15, 0.2) is 18.6 Å². The van der Waals surface area contributed by atoms with E-state index in [1.54, 1.807) is 0 Å². The lowest BCUT2D eigenvalue weighted by Gasteiger charge is -2.17. The highest BCUT2D eigenvalue weighted by Crippen LogP contribution is 2.28. The first-order valence-corrected chi connectivity index (χ1v) is 8.49. The second-order valence-corrected chi connectivity index (χ2v) is 6.51. The van der Waals surface area contributed by atoms with Crippen LogP contribution in [0.25, 0.3) is 11.3 Å². The van der Waals surface area contributed by atoms with Crippen LogP contribution in [0.4, 0.5) is 0 Å². The van der Waals surface area contributed by atoms with E-state index < -0.39 is 0 Å². The largest absolute Gasteiger partial charge is 0.328 e. The minimum atomic E-state index is 0.258. The molecule has 0 fully saturated rings. The number of rotatable bonds is 5. The SMILES string of the molecule is CCn1nc(C)c(-c2cncn2C[C@@H](C)n2nc(C)cc2C)c1C. The molecular weight excluding hydrogens is 300 g/mol. The Balaban J connectivity index is 1.94. The standard InChI is InChI=1S/C18H26N6/c1-7-23-16(6)18(15(5)21-23)17-9-19-11-22(17)10-14(4)24-13(3)8-12(2)20-24/h8-9,11,14H,7,10H2,1-6H3/t14-/m1/s1. The molecule has 0 unspecified atom stereocenters. The topological polar surface area (TPSA) is 53.5 Å². The van der Waals surface area contributed by atoms with Gasteiger partial charge < -0.3 is 4.57 Å². The third kappa shape index (κ3) is 2.77. The van der Waals surface area contributed by atoms with Gasteiger partial charge in [-0.25, -0.2) is 4.98 Å². The molecule has 128 valence electrons. The van der Waals surface area contributed by atoms with Crippen molar-refractivity contribution in [2.75, 3.05) is 0 Å². The fourth-order valence-corrected chi connectivity index (χ4v) is 3.50. The summed E-state index contributed by atoms with van der Waals surface area (Å²) in [5, 5.41) is 9.25. The van der Waals surface area contributed by atoms with Crippen molar-refractivity contribution in [2.45, 2.75) is 60.7 Å². The van der Waals surface area contributed by atoms with Crippen molar-refractivity contribution < 1.29 is 0 Å². The third-order valence-corrected chi connectivity index (χ3v) is 4.57. The van der Waals surface area contributed by atoms with E-state index in [0.717, 1.165) is 30.2 Å². The molecule has 3 heterocycles. The van der Waals surface area contributed by atoms with Gasteiger partial charge in [-0.05, 0) is 47.6 Å². The summed E-state index contributed by atoms with van der Waals surface area (Å²) in [6.45, 7) is 14.3. The number of hydrogen-bond acceptors (Lipinski definition) is 3. The number of aromatic nitrogens is 6. The van der Waals surface area contributed by atoms with Gasteiger partial charge in [-0.15, -0.1) is 0 Å². The molecule has 0 saturated carbocycles. The zero-order valence-corrected chi connectivity index (χ0v) is 15.4. The Labute approximate surface area is 143 Å². The van der Waals surface area contributed by atoms with E-state index in [1.807, 2.05) is 24.1 Å². The van der Waals surface area contributed by atoms with Gasteiger partial charge in [0, 0.05) is 30.0 Å². The summed E-state index contributed by atoms with van der Waals surface area (Å²) in [5.41, 5.74) is 6.80. The van der Waals surface area contributed by atoms with Crippen LogP contribution in [0.1, 0.15) is 42.7 Å². The summed E-state index contributed by atoms with van der Waals surface area (Å²) in [6, 6.07) is 2.37. The molecule has 0 aliphatic carbocycles. The quantitative estimate of drug-likeness (QED) is 0.721. The number of nitrogens with zero attached hydrogens (tertiary/aromatic N) is 6. The minimum absolute atomic E-state index is 0.258. The van der Waals surface area contributed by atoms with Gasteiger partial charge in [-0.2, -0.15) is 10.2 Å². The van der Waals surface area contributed by atoms with Crippen LogP contribution in [0.3, 0.4) is 0 Å². The van der Waals surface area contributed by atoms with Gasteiger partial charge in [-0.1, -0.05) is 0 Å². The molecule has 0 aliphatic rings. The summed E-state index contributed by atoms with van der Waals surface area (Å²) in [6.07, 6.45) is 3.84. The van der Waals surface area contributed by atoms with Crippen LogP contribution >= 0.6 is 0 Å². The molecule has 0 aromatic carbocycles. The molecule has 3 aromatic rings. The van der Waals surface area contributed by atoms with Gasteiger partial charge in [0.05, 0.1) is 35.6 Å². The summed E-state index contributed by atoms with van der Waals surface area (Å²) in [5.74, 6) is 0. The fraction of sp³-hybridized carbons (Fsp3) is 0.500. The average Bonchev–Trinajstić information content (AvgIpc) is 3.18. The maximum atomic E-state index is 4.64. The van der Waals surface area contributed by atoms with Gasteiger partial charge in [0.15, 0.2) is 0 Å². The molecule has 0 radical (unpaired) electrons. The number of aryl methyl sites for hydroxylation is 4. The van der Waals surface area contributed by atoms with Crippen LogP contribution in [0.2, 0.25) is 0 Å². The van der Waals surface area contributed by atoms with Crippen LogP contribution in [-0.2, 0) is 13.1 Å². The van der Waals surface area contributed by atoms with Crippen molar-refractivity contribution in [1.82, 2.24) is 29.1 Å². The van der Waals surface area contributed by atoms with Crippen molar-refractivity contribution in [1.29, 1.82) is 0 Å². The molecule has 0 amide bonds. The van der Waals surface area contributed by atoms with Crippen molar-refractivity contribution in [3.63, 3.8) is 0 Å². The number of hydrogen-bond donors (Lipinski definition) is 0. The lowest BCUT2D eigenvalue weighted by molar-refractivity contribution is 0.418. The van der Waals surface area contributed by atoms with Gasteiger partial charge in [-0.3, -0.25) is 9.36 Å². The van der Waals surface area contributed by atoms with Gasteiger partial charge >= 0.3 is 0 Å². The van der Waals surface area contributed by atoms with E-state index in [0.29, 0.717) is 0 Å². The summed E-state index contributed by atoms with van der Waals surface area (Å²) in [7, 11) is 0. The summed E-state index contributed by atoms with van der Waals surface area (Å²) in [4.78, 5) is 4.39. The summed E-state index contributed by atoms with van der Waals surface area (Å²) >= 11 is 0. The molecule has 0 aliphatic heterocycles. The maximum absolute atomic E-state index is 4.64. The van der Waals surface area contributed by atoms with E-state index >= 15 is 0 Å². The molecule has 0 saturated heterocycles. The van der Waals surface area contributed by atoms with E-state index in [-0.39, 0.29) is 6.04 Å². The Kier molecular flexibility index (Phi) is 4.30. The smallest absolute Gasteiger partial charge is 0.0951 e. The lowest BCUT2D eigenvalue weighted by Crippen LogP contribution is -2.16. The van der Waals surface area contributed by atoms with Gasteiger partial charge in [0.2, 0.25) is 0 Å².